The van der Waals surface area contributed by atoms with Gasteiger partial charge >= 0.3 is 0 Å². The summed E-state index contributed by atoms with van der Waals surface area (Å²) in [6.07, 6.45) is 0.548. The number of aliphatic imine (C=N–C) groups is 1. The second kappa shape index (κ2) is 7.30. The van der Waals surface area contributed by atoms with Crippen LogP contribution in [0.15, 0.2) is 47.5 Å². The number of carbonyl (C=O) groups excluding carboxylic acids is 1. The number of benzene rings is 2. The molecule has 0 aliphatic carbocycles. The maximum atomic E-state index is 14.7. The van der Waals surface area contributed by atoms with E-state index in [1.165, 1.54) is 22.3 Å². The van der Waals surface area contributed by atoms with Crippen LogP contribution in [0.3, 0.4) is 0 Å². The van der Waals surface area contributed by atoms with Crippen LogP contribution in [0.25, 0.3) is 0 Å². The monoisotopic (exact) mass is 448 g/mol. The third kappa shape index (κ3) is 3.44. The summed E-state index contributed by atoms with van der Waals surface area (Å²) in [5, 5.41) is 0. The van der Waals surface area contributed by atoms with E-state index < -0.39 is 39.0 Å². The molecule has 2 aliphatic heterocycles. The van der Waals surface area contributed by atoms with E-state index in [1.807, 2.05) is 0 Å². The van der Waals surface area contributed by atoms with Gasteiger partial charge in [0.1, 0.15) is 17.2 Å². The molecule has 31 heavy (non-hydrogen) atoms. The zero-order valence-corrected chi connectivity index (χ0v) is 17.9. The highest BCUT2D eigenvalue weighted by Gasteiger charge is 2.48. The number of sulfonamides is 1. The van der Waals surface area contributed by atoms with E-state index in [0.717, 1.165) is 12.1 Å². The Hall–Kier alpha value is -3.01. The summed E-state index contributed by atoms with van der Waals surface area (Å²) in [6.45, 7) is 1.97. The van der Waals surface area contributed by atoms with Gasteiger partial charge in [-0.3, -0.25) is 14.0 Å². The Balaban J connectivity index is 1.81. The number of guanidine groups is 1. The van der Waals surface area contributed by atoms with Crippen LogP contribution in [-0.4, -0.2) is 44.5 Å². The van der Waals surface area contributed by atoms with Crippen LogP contribution in [0.1, 0.15) is 30.4 Å². The van der Waals surface area contributed by atoms with Gasteiger partial charge in [0.25, 0.3) is 0 Å². The van der Waals surface area contributed by atoms with E-state index in [-0.39, 0.29) is 17.3 Å². The van der Waals surface area contributed by atoms with Crippen LogP contribution in [0.5, 0.6) is 0 Å². The van der Waals surface area contributed by atoms with Crippen molar-refractivity contribution in [3.63, 3.8) is 0 Å². The molecule has 1 saturated heterocycles. The van der Waals surface area contributed by atoms with E-state index in [4.69, 9.17) is 5.73 Å². The first-order valence-corrected chi connectivity index (χ1v) is 11.3. The van der Waals surface area contributed by atoms with Gasteiger partial charge in [-0.05, 0) is 37.1 Å². The van der Waals surface area contributed by atoms with Crippen LogP contribution in [0.4, 0.5) is 14.5 Å². The predicted molar refractivity (Wildman–Crippen MR) is 113 cm³/mol. The Labute approximate surface area is 179 Å². The lowest BCUT2D eigenvalue weighted by atomic mass is 9.74. The lowest BCUT2D eigenvalue weighted by molar-refractivity contribution is -0.130. The fourth-order valence-electron chi connectivity index (χ4n) is 4.27. The number of amides is 1. The number of carbonyl (C=O) groups is 1. The lowest BCUT2D eigenvalue weighted by Gasteiger charge is -2.41. The minimum absolute atomic E-state index is 0.0366. The van der Waals surface area contributed by atoms with Gasteiger partial charge in [0.15, 0.2) is 5.96 Å². The Bertz CT molecular complexity index is 1180. The molecule has 164 valence electrons. The van der Waals surface area contributed by atoms with Gasteiger partial charge in [0, 0.05) is 25.2 Å². The van der Waals surface area contributed by atoms with E-state index >= 15 is 0 Å². The highest BCUT2D eigenvalue weighted by Crippen LogP contribution is 2.45. The molecular formula is C21H22F2N4O3S. The fraction of sp³-hybridized carbons (Fsp3) is 0.333. The number of rotatable bonds is 3. The number of nitrogens with two attached hydrogens (primary N) is 1. The first kappa shape index (κ1) is 21.2. The summed E-state index contributed by atoms with van der Waals surface area (Å²) in [7, 11) is -1.87. The smallest absolute Gasteiger partial charge is 0.239 e. The quantitative estimate of drug-likeness (QED) is 0.779. The number of nitrogens with zero attached hydrogens (tertiary/aromatic N) is 3. The molecule has 0 spiro atoms. The average molecular weight is 448 g/mol. The molecule has 0 aromatic heterocycles. The van der Waals surface area contributed by atoms with Crippen molar-refractivity contribution in [2.45, 2.75) is 24.8 Å². The van der Waals surface area contributed by atoms with Gasteiger partial charge in [-0.2, -0.15) is 0 Å². The van der Waals surface area contributed by atoms with Crippen LogP contribution in [-0.2, 0) is 20.4 Å². The number of likely N-dealkylation sites (N-methyl/N-ethyl adjacent to an activating group) is 1. The van der Waals surface area contributed by atoms with Gasteiger partial charge in [-0.15, -0.1) is 0 Å². The molecule has 1 amide bonds. The van der Waals surface area contributed by atoms with Gasteiger partial charge < -0.3 is 5.73 Å². The second-order valence-electron chi connectivity index (χ2n) is 7.91. The van der Waals surface area contributed by atoms with Crippen LogP contribution in [0, 0.1) is 11.6 Å². The topological polar surface area (TPSA) is 96.1 Å². The third-order valence-corrected chi connectivity index (χ3v) is 7.79. The summed E-state index contributed by atoms with van der Waals surface area (Å²) >= 11 is 0. The molecule has 2 N–H and O–H groups in total. The molecule has 0 saturated carbocycles. The molecule has 10 heteroatoms. The maximum Gasteiger partial charge on any atom is 0.239 e. The van der Waals surface area contributed by atoms with E-state index in [1.54, 1.807) is 31.2 Å². The van der Waals surface area contributed by atoms with E-state index in [9.17, 15) is 22.0 Å². The van der Waals surface area contributed by atoms with Gasteiger partial charge in [0.2, 0.25) is 15.9 Å². The summed E-state index contributed by atoms with van der Waals surface area (Å²) in [5.74, 6) is -2.91. The molecule has 2 atom stereocenters. The molecule has 2 aromatic carbocycles. The van der Waals surface area contributed by atoms with Crippen molar-refractivity contribution >= 4 is 27.6 Å². The van der Waals surface area contributed by atoms with Crippen LogP contribution < -0.4 is 10.0 Å². The molecule has 2 heterocycles. The zero-order chi connectivity index (χ0) is 22.6. The molecule has 0 radical (unpaired) electrons. The Morgan fingerprint density at radius 2 is 1.84 bits per heavy atom. The van der Waals surface area contributed by atoms with E-state index in [0.29, 0.717) is 24.2 Å². The summed E-state index contributed by atoms with van der Waals surface area (Å²) < 4.78 is 53.9. The van der Waals surface area contributed by atoms with Crippen molar-refractivity contribution in [2.24, 2.45) is 10.7 Å². The first-order valence-electron chi connectivity index (χ1n) is 9.73. The number of hydrogen-bond donors (Lipinski definition) is 1. The molecule has 0 unspecified atom stereocenters. The van der Waals surface area contributed by atoms with Crippen molar-refractivity contribution in [3.8, 4) is 0 Å². The lowest BCUT2D eigenvalue weighted by Crippen LogP contribution is -2.52. The SMILES string of the molecule is CN1C(=O)[C@@H](c2ccc(N3CCCS3(=O)=O)cc2)[C@@](C)(c2ccc(F)cc2F)N=C1N. The number of hydrogen-bond acceptors (Lipinski definition) is 5. The molecule has 7 nitrogen and oxygen atoms in total. The normalized spacial score (nSPS) is 25.6. The fourth-order valence-corrected chi connectivity index (χ4v) is 5.83. The van der Waals surface area contributed by atoms with Crippen molar-refractivity contribution in [2.75, 3.05) is 23.7 Å². The molecule has 0 bridgehead atoms. The summed E-state index contributed by atoms with van der Waals surface area (Å²) in [4.78, 5) is 18.8. The average Bonchev–Trinajstić information content (AvgIpc) is 3.05. The Morgan fingerprint density at radius 1 is 1.16 bits per heavy atom. The second-order valence-corrected chi connectivity index (χ2v) is 9.92. The highest BCUT2D eigenvalue weighted by atomic mass is 32.2. The third-order valence-electron chi connectivity index (χ3n) is 5.92. The van der Waals surface area contributed by atoms with Gasteiger partial charge in [-0.25, -0.2) is 22.2 Å². The van der Waals surface area contributed by atoms with Gasteiger partial charge in [0.05, 0.1) is 17.4 Å². The molecule has 2 aliphatic rings. The molecule has 4 rings (SSSR count). The zero-order valence-electron chi connectivity index (χ0n) is 17.0. The first-order chi connectivity index (χ1) is 14.5. The summed E-state index contributed by atoms with van der Waals surface area (Å²) in [6, 6.07) is 9.62. The minimum atomic E-state index is -3.35. The Morgan fingerprint density at radius 3 is 2.42 bits per heavy atom. The van der Waals surface area contributed by atoms with Gasteiger partial charge in [-0.1, -0.05) is 18.2 Å². The van der Waals surface area contributed by atoms with Crippen molar-refractivity contribution in [1.82, 2.24) is 4.90 Å². The van der Waals surface area contributed by atoms with Crippen molar-refractivity contribution in [1.29, 1.82) is 0 Å². The predicted octanol–water partition coefficient (Wildman–Crippen LogP) is 2.29. The highest BCUT2D eigenvalue weighted by molar-refractivity contribution is 7.93. The number of anilines is 1. The van der Waals surface area contributed by atoms with Crippen molar-refractivity contribution < 1.29 is 22.0 Å². The Kier molecular flexibility index (Phi) is 5.00. The van der Waals surface area contributed by atoms with Crippen molar-refractivity contribution in [3.05, 3.63) is 65.2 Å². The van der Waals surface area contributed by atoms with E-state index in [2.05, 4.69) is 4.99 Å². The molecule has 2 aromatic rings. The number of halogens is 2. The van der Waals surface area contributed by atoms with Crippen LogP contribution >= 0.6 is 0 Å². The summed E-state index contributed by atoms with van der Waals surface area (Å²) in [5.41, 5.74) is 5.55. The molecular weight excluding hydrogens is 426 g/mol. The minimum Gasteiger partial charge on any atom is -0.369 e. The largest absolute Gasteiger partial charge is 0.369 e. The van der Waals surface area contributed by atoms with Crippen LogP contribution in [0.2, 0.25) is 0 Å². The molecule has 1 fully saturated rings. The standard InChI is InChI=1S/C21H22F2N4O3S/c1-21(16-9-6-14(22)12-17(16)23)18(19(28)26(2)20(24)25-21)13-4-7-15(8-5-13)27-10-3-11-31(27,29)30/h4-9,12,18H,3,10-11H2,1-2H3,(H2,24,25)/t18-,21-/m1/s1. The maximum absolute atomic E-state index is 14.7.